The van der Waals surface area contributed by atoms with Gasteiger partial charge in [0.25, 0.3) is 0 Å². The third kappa shape index (κ3) is 5.97. The number of benzene rings is 2. The van der Waals surface area contributed by atoms with Crippen LogP contribution in [0.5, 0.6) is 5.75 Å². The van der Waals surface area contributed by atoms with E-state index >= 15 is 0 Å². The van der Waals surface area contributed by atoms with Crippen LogP contribution in [0, 0.1) is 6.92 Å². The summed E-state index contributed by atoms with van der Waals surface area (Å²) in [6, 6.07) is 13.6. The first-order valence-electron chi connectivity index (χ1n) is 9.76. The zero-order valence-corrected chi connectivity index (χ0v) is 18.5. The van der Waals surface area contributed by atoms with E-state index in [-0.39, 0.29) is 11.9 Å². The van der Waals surface area contributed by atoms with Crippen molar-refractivity contribution in [3.63, 3.8) is 0 Å². The molecule has 0 radical (unpaired) electrons. The van der Waals surface area contributed by atoms with E-state index in [1.165, 1.54) is 0 Å². The lowest BCUT2D eigenvalue weighted by Crippen LogP contribution is -2.48. The summed E-state index contributed by atoms with van der Waals surface area (Å²) in [7, 11) is -3.67. The molecular formula is C22H30N2O4S. The summed E-state index contributed by atoms with van der Waals surface area (Å²) in [6.45, 7) is 7.98. The number of ether oxygens (including phenoxy) is 1. The summed E-state index contributed by atoms with van der Waals surface area (Å²) in [6.07, 6.45) is 1.80. The minimum Gasteiger partial charge on any atom is -0.494 e. The highest BCUT2D eigenvalue weighted by atomic mass is 32.2. The lowest BCUT2D eigenvalue weighted by atomic mass is 10.0. The highest BCUT2D eigenvalue weighted by Crippen LogP contribution is 2.25. The number of anilines is 1. The van der Waals surface area contributed by atoms with E-state index in [0.717, 1.165) is 21.7 Å². The van der Waals surface area contributed by atoms with Crippen LogP contribution in [0.1, 0.15) is 44.4 Å². The van der Waals surface area contributed by atoms with Crippen LogP contribution in [0.25, 0.3) is 0 Å². The van der Waals surface area contributed by atoms with Gasteiger partial charge in [-0.1, -0.05) is 36.8 Å². The molecule has 2 aromatic carbocycles. The number of amides is 1. The molecule has 2 atom stereocenters. The predicted molar refractivity (Wildman–Crippen MR) is 117 cm³/mol. The molecule has 6 nitrogen and oxygen atoms in total. The molecule has 0 aliphatic heterocycles. The Labute approximate surface area is 173 Å². The smallest absolute Gasteiger partial charge is 0.244 e. The predicted octanol–water partition coefficient (Wildman–Crippen LogP) is 3.82. The second kappa shape index (κ2) is 9.78. The van der Waals surface area contributed by atoms with E-state index < -0.39 is 16.1 Å². The Bertz CT molecular complexity index is 909. The van der Waals surface area contributed by atoms with Gasteiger partial charge in [0.1, 0.15) is 11.8 Å². The Kier molecular flexibility index (Phi) is 7.67. The monoisotopic (exact) mass is 418 g/mol. The first-order valence-corrected chi connectivity index (χ1v) is 11.6. The molecule has 158 valence electrons. The van der Waals surface area contributed by atoms with E-state index in [1.807, 2.05) is 45.0 Å². The lowest BCUT2D eigenvalue weighted by molar-refractivity contribution is -0.122. The third-order valence-electron chi connectivity index (χ3n) is 4.70. The molecule has 2 aromatic rings. The normalized spacial score (nSPS) is 13.4. The molecule has 7 heteroatoms. The van der Waals surface area contributed by atoms with Gasteiger partial charge < -0.3 is 10.1 Å². The minimum atomic E-state index is -3.67. The van der Waals surface area contributed by atoms with Crippen molar-refractivity contribution in [2.45, 2.75) is 46.2 Å². The van der Waals surface area contributed by atoms with E-state index in [9.17, 15) is 13.2 Å². The molecule has 0 aliphatic carbocycles. The van der Waals surface area contributed by atoms with Gasteiger partial charge in [0, 0.05) is 0 Å². The molecule has 1 amide bonds. The second-order valence-corrected chi connectivity index (χ2v) is 8.90. The molecule has 0 unspecified atom stereocenters. The molecule has 1 N–H and O–H groups in total. The number of carbonyl (C=O) groups is 1. The standard InChI is InChI=1S/C22H30N2O4S/c1-6-21(18-10-8-16(3)9-11-18)23-22(25)17(4)24(29(5,26)27)19-12-14-20(15-13-19)28-7-2/h8-15,17,21H,6-7H2,1-5H3,(H,23,25)/t17-,21+/m0/s1. The van der Waals surface area contributed by atoms with Crippen molar-refractivity contribution < 1.29 is 17.9 Å². The summed E-state index contributed by atoms with van der Waals surface area (Å²) < 4.78 is 31.5. The van der Waals surface area contributed by atoms with Crippen molar-refractivity contribution in [1.82, 2.24) is 5.32 Å². The molecule has 0 fully saturated rings. The van der Waals surface area contributed by atoms with Crippen LogP contribution < -0.4 is 14.4 Å². The molecule has 0 spiro atoms. The number of hydrogen-bond donors (Lipinski definition) is 1. The van der Waals surface area contributed by atoms with Gasteiger partial charge in [0.05, 0.1) is 24.6 Å². The maximum absolute atomic E-state index is 12.9. The maximum atomic E-state index is 12.9. The Morgan fingerprint density at radius 1 is 1.07 bits per heavy atom. The van der Waals surface area contributed by atoms with Crippen LogP contribution in [0.4, 0.5) is 5.69 Å². The molecule has 0 heterocycles. The maximum Gasteiger partial charge on any atom is 0.244 e. The van der Waals surface area contributed by atoms with Gasteiger partial charge in [0.15, 0.2) is 0 Å². The number of carbonyl (C=O) groups excluding carboxylic acids is 1. The molecule has 0 saturated carbocycles. The Morgan fingerprint density at radius 3 is 2.14 bits per heavy atom. The fourth-order valence-corrected chi connectivity index (χ4v) is 4.35. The van der Waals surface area contributed by atoms with Crippen molar-refractivity contribution in [1.29, 1.82) is 0 Å². The fraction of sp³-hybridized carbons (Fsp3) is 0.409. The van der Waals surface area contributed by atoms with Gasteiger partial charge in [-0.25, -0.2) is 8.42 Å². The quantitative estimate of drug-likeness (QED) is 0.672. The zero-order chi connectivity index (χ0) is 21.6. The van der Waals surface area contributed by atoms with Crippen LogP contribution in [0.15, 0.2) is 48.5 Å². The Hall–Kier alpha value is -2.54. The van der Waals surface area contributed by atoms with Gasteiger partial charge in [-0.2, -0.15) is 0 Å². The van der Waals surface area contributed by atoms with Gasteiger partial charge >= 0.3 is 0 Å². The summed E-state index contributed by atoms with van der Waals surface area (Å²) in [5, 5.41) is 2.99. The molecule has 0 aromatic heterocycles. The summed E-state index contributed by atoms with van der Waals surface area (Å²) in [4.78, 5) is 12.9. The Morgan fingerprint density at radius 2 is 1.66 bits per heavy atom. The average Bonchev–Trinajstić information content (AvgIpc) is 2.67. The minimum absolute atomic E-state index is 0.188. The molecule has 2 rings (SSSR count). The highest BCUT2D eigenvalue weighted by Gasteiger charge is 2.30. The lowest BCUT2D eigenvalue weighted by Gasteiger charge is -2.30. The van der Waals surface area contributed by atoms with Gasteiger partial charge in [-0.15, -0.1) is 0 Å². The number of sulfonamides is 1. The number of nitrogens with zero attached hydrogens (tertiary/aromatic N) is 1. The van der Waals surface area contributed by atoms with Crippen LogP contribution >= 0.6 is 0 Å². The first-order chi connectivity index (χ1) is 13.7. The van der Waals surface area contributed by atoms with E-state index in [0.29, 0.717) is 24.5 Å². The van der Waals surface area contributed by atoms with Gasteiger partial charge in [-0.3, -0.25) is 9.10 Å². The highest BCUT2D eigenvalue weighted by molar-refractivity contribution is 7.92. The summed E-state index contributed by atoms with van der Waals surface area (Å²) >= 11 is 0. The summed E-state index contributed by atoms with van der Waals surface area (Å²) in [5.41, 5.74) is 2.55. The topological polar surface area (TPSA) is 75.7 Å². The molecular weight excluding hydrogens is 388 g/mol. The van der Waals surface area contributed by atoms with Gasteiger partial charge in [-0.05, 0) is 57.0 Å². The van der Waals surface area contributed by atoms with Crippen molar-refractivity contribution >= 4 is 21.6 Å². The van der Waals surface area contributed by atoms with Crippen molar-refractivity contribution in [2.24, 2.45) is 0 Å². The van der Waals surface area contributed by atoms with Crippen LogP contribution in [0.3, 0.4) is 0 Å². The van der Waals surface area contributed by atoms with E-state index in [1.54, 1.807) is 31.2 Å². The average molecular weight is 419 g/mol. The van der Waals surface area contributed by atoms with E-state index in [2.05, 4.69) is 5.32 Å². The first kappa shape index (κ1) is 22.7. The number of nitrogens with one attached hydrogen (secondary N) is 1. The van der Waals surface area contributed by atoms with Crippen LogP contribution in [-0.4, -0.2) is 33.2 Å². The van der Waals surface area contributed by atoms with E-state index in [4.69, 9.17) is 4.74 Å². The van der Waals surface area contributed by atoms with Crippen LogP contribution in [0.2, 0.25) is 0 Å². The third-order valence-corrected chi connectivity index (χ3v) is 5.94. The largest absolute Gasteiger partial charge is 0.494 e. The number of hydrogen-bond acceptors (Lipinski definition) is 4. The zero-order valence-electron chi connectivity index (χ0n) is 17.7. The van der Waals surface area contributed by atoms with Crippen LogP contribution in [-0.2, 0) is 14.8 Å². The Balaban J connectivity index is 2.24. The van der Waals surface area contributed by atoms with Crippen molar-refractivity contribution in [2.75, 3.05) is 17.2 Å². The molecule has 29 heavy (non-hydrogen) atoms. The molecule has 0 bridgehead atoms. The fourth-order valence-electron chi connectivity index (χ4n) is 3.18. The molecule has 0 aliphatic rings. The SMILES string of the molecule is CCOc1ccc(N([C@@H](C)C(=O)N[C@H](CC)c2ccc(C)cc2)S(C)(=O)=O)cc1. The summed E-state index contributed by atoms with van der Waals surface area (Å²) in [5.74, 6) is 0.295. The van der Waals surface area contributed by atoms with Gasteiger partial charge in [0.2, 0.25) is 15.9 Å². The number of rotatable bonds is 9. The van der Waals surface area contributed by atoms with Crippen molar-refractivity contribution in [3.05, 3.63) is 59.7 Å². The second-order valence-electron chi connectivity index (χ2n) is 7.04. The number of aryl methyl sites for hydroxylation is 1. The molecule has 0 saturated heterocycles. The van der Waals surface area contributed by atoms with Crippen molar-refractivity contribution in [3.8, 4) is 5.75 Å².